The summed E-state index contributed by atoms with van der Waals surface area (Å²) in [6, 6.07) is 15.5. The van der Waals surface area contributed by atoms with E-state index in [0.29, 0.717) is 13.2 Å². The Kier molecular flexibility index (Phi) is 20.5. The Morgan fingerprint density at radius 1 is 0.450 bits per heavy atom. The molecule has 3 nitrogen and oxygen atoms in total. The van der Waals surface area contributed by atoms with Gasteiger partial charge in [0.25, 0.3) is 0 Å². The number of benzene rings is 2. The maximum atomic E-state index is 13.6. The molecule has 0 N–H and O–H groups in total. The van der Waals surface area contributed by atoms with E-state index in [-0.39, 0.29) is 0 Å². The average Bonchev–Trinajstić information content (AvgIpc) is 2.98. The van der Waals surface area contributed by atoms with Gasteiger partial charge in [0.2, 0.25) is 0 Å². The van der Waals surface area contributed by atoms with Crippen LogP contribution in [0.4, 0.5) is 0 Å². The topological polar surface area (TPSA) is 35.5 Å². The van der Waals surface area contributed by atoms with Crippen LogP contribution >= 0.6 is 0 Å². The van der Waals surface area contributed by atoms with Gasteiger partial charge in [-0.1, -0.05) is 154 Å². The van der Waals surface area contributed by atoms with Gasteiger partial charge in [-0.2, -0.15) is 0 Å². The Balaban J connectivity index is 1.70. The van der Waals surface area contributed by atoms with Gasteiger partial charge in [-0.15, -0.1) is 0 Å². The maximum Gasteiger partial charge on any atom is 0.135 e. The molecule has 226 valence electrons. The SMILES string of the molecule is CCCCCCCCCCCCOc1ccccc1S(=O)c1ccccc1OCCCCCCCCCCCC. The summed E-state index contributed by atoms with van der Waals surface area (Å²) in [5.74, 6) is 1.45. The third kappa shape index (κ3) is 15.3. The summed E-state index contributed by atoms with van der Waals surface area (Å²) < 4.78 is 25.9. The Morgan fingerprint density at radius 2 is 0.750 bits per heavy atom. The molecule has 40 heavy (non-hydrogen) atoms. The molecular formula is C36H58O3S. The highest BCUT2D eigenvalue weighted by molar-refractivity contribution is 7.85. The smallest absolute Gasteiger partial charge is 0.135 e. The molecule has 2 rings (SSSR count). The Labute approximate surface area is 249 Å². The first-order valence-corrected chi connectivity index (χ1v) is 17.8. The van der Waals surface area contributed by atoms with Crippen LogP contribution in [-0.2, 0) is 10.8 Å². The van der Waals surface area contributed by atoms with E-state index >= 15 is 0 Å². The summed E-state index contributed by atoms with van der Waals surface area (Å²) in [6.07, 6.45) is 26.0. The zero-order valence-corrected chi connectivity index (χ0v) is 26.6. The van der Waals surface area contributed by atoms with Crippen molar-refractivity contribution in [3.63, 3.8) is 0 Å². The molecule has 0 aliphatic rings. The van der Waals surface area contributed by atoms with Crippen molar-refractivity contribution in [3.05, 3.63) is 48.5 Å². The van der Waals surface area contributed by atoms with Gasteiger partial charge in [-0.05, 0) is 37.1 Å². The first-order chi connectivity index (χ1) is 19.8. The molecule has 0 unspecified atom stereocenters. The van der Waals surface area contributed by atoms with Crippen molar-refractivity contribution in [2.75, 3.05) is 13.2 Å². The maximum absolute atomic E-state index is 13.6. The predicted molar refractivity (Wildman–Crippen MR) is 172 cm³/mol. The summed E-state index contributed by atoms with van der Waals surface area (Å²) in [6.45, 7) is 5.88. The number of rotatable bonds is 26. The molecule has 2 aromatic carbocycles. The van der Waals surface area contributed by atoms with Crippen molar-refractivity contribution >= 4 is 10.8 Å². The predicted octanol–water partition coefficient (Wildman–Crippen LogP) is 11.5. The molecule has 0 fully saturated rings. The Hall–Kier alpha value is -1.81. The number of para-hydroxylation sites is 2. The minimum atomic E-state index is -1.35. The highest BCUT2D eigenvalue weighted by Crippen LogP contribution is 2.31. The second kappa shape index (κ2) is 23.9. The third-order valence-electron chi connectivity index (χ3n) is 7.61. The largest absolute Gasteiger partial charge is 0.492 e. The molecule has 0 aliphatic heterocycles. The zero-order valence-electron chi connectivity index (χ0n) is 25.8. The van der Waals surface area contributed by atoms with E-state index in [4.69, 9.17) is 9.47 Å². The molecular weight excluding hydrogens is 512 g/mol. The van der Waals surface area contributed by atoms with E-state index < -0.39 is 10.8 Å². The molecule has 0 saturated carbocycles. The Bertz CT molecular complexity index is 826. The molecule has 0 bridgehead atoms. The molecule has 4 heteroatoms. The van der Waals surface area contributed by atoms with E-state index in [2.05, 4.69) is 13.8 Å². The van der Waals surface area contributed by atoms with Gasteiger partial charge < -0.3 is 9.47 Å². The fourth-order valence-corrected chi connectivity index (χ4v) is 6.37. The van der Waals surface area contributed by atoms with Gasteiger partial charge in [0.15, 0.2) is 0 Å². The van der Waals surface area contributed by atoms with Crippen LogP contribution in [0.5, 0.6) is 11.5 Å². The molecule has 0 atom stereocenters. The van der Waals surface area contributed by atoms with Crippen LogP contribution in [0.15, 0.2) is 58.3 Å². The molecule has 0 saturated heterocycles. The average molecular weight is 571 g/mol. The fourth-order valence-electron chi connectivity index (χ4n) is 5.11. The summed E-state index contributed by atoms with van der Waals surface area (Å²) >= 11 is 0. The number of unbranched alkanes of at least 4 members (excludes halogenated alkanes) is 18. The fraction of sp³-hybridized carbons (Fsp3) is 0.667. The van der Waals surface area contributed by atoms with E-state index in [1.807, 2.05) is 48.5 Å². The van der Waals surface area contributed by atoms with Gasteiger partial charge in [0.1, 0.15) is 11.5 Å². The highest BCUT2D eigenvalue weighted by atomic mass is 32.2. The van der Waals surface area contributed by atoms with Gasteiger partial charge >= 0.3 is 0 Å². The first kappa shape index (κ1) is 34.4. The zero-order chi connectivity index (χ0) is 28.5. The second-order valence-corrected chi connectivity index (χ2v) is 12.6. The monoisotopic (exact) mass is 570 g/mol. The van der Waals surface area contributed by atoms with Gasteiger partial charge in [0.05, 0.1) is 33.8 Å². The van der Waals surface area contributed by atoms with Crippen molar-refractivity contribution in [2.45, 2.75) is 152 Å². The molecule has 0 amide bonds. The molecule has 0 heterocycles. The Morgan fingerprint density at radius 3 is 1.10 bits per heavy atom. The lowest BCUT2D eigenvalue weighted by molar-refractivity contribution is 0.295. The van der Waals surface area contributed by atoms with Crippen LogP contribution in [-0.4, -0.2) is 17.4 Å². The van der Waals surface area contributed by atoms with Crippen LogP contribution in [0, 0.1) is 0 Å². The van der Waals surface area contributed by atoms with E-state index in [1.165, 1.54) is 116 Å². The van der Waals surface area contributed by atoms with Gasteiger partial charge in [-0.25, -0.2) is 4.21 Å². The van der Waals surface area contributed by atoms with Crippen LogP contribution in [0.1, 0.15) is 142 Å². The standard InChI is InChI=1S/C36H58O3S/c1-3-5-7-9-11-13-15-17-19-25-31-38-33-27-21-23-29-35(33)40(37)36-30-24-22-28-34(36)39-32-26-20-18-16-14-12-10-8-6-4-2/h21-24,27-30H,3-20,25-26,31-32H2,1-2H3. The summed E-state index contributed by atoms with van der Waals surface area (Å²) in [4.78, 5) is 1.45. The van der Waals surface area contributed by atoms with Crippen molar-refractivity contribution in [2.24, 2.45) is 0 Å². The van der Waals surface area contributed by atoms with E-state index in [1.54, 1.807) is 0 Å². The van der Waals surface area contributed by atoms with E-state index in [9.17, 15) is 4.21 Å². The van der Waals surface area contributed by atoms with Crippen molar-refractivity contribution < 1.29 is 13.7 Å². The van der Waals surface area contributed by atoms with Crippen LogP contribution in [0.3, 0.4) is 0 Å². The minimum absolute atomic E-state index is 0.668. The molecule has 0 spiro atoms. The molecule has 0 aromatic heterocycles. The lowest BCUT2D eigenvalue weighted by Crippen LogP contribution is -2.05. The lowest BCUT2D eigenvalue weighted by atomic mass is 10.1. The normalized spacial score (nSPS) is 11.3. The highest BCUT2D eigenvalue weighted by Gasteiger charge is 2.17. The van der Waals surface area contributed by atoms with Crippen LogP contribution < -0.4 is 9.47 Å². The van der Waals surface area contributed by atoms with E-state index in [0.717, 1.165) is 34.1 Å². The van der Waals surface area contributed by atoms with Crippen LogP contribution in [0.25, 0.3) is 0 Å². The molecule has 2 aromatic rings. The minimum Gasteiger partial charge on any atom is -0.492 e. The summed E-state index contributed by atoms with van der Waals surface area (Å²) in [7, 11) is -1.35. The first-order valence-electron chi connectivity index (χ1n) is 16.6. The number of ether oxygens (including phenoxy) is 2. The second-order valence-electron chi connectivity index (χ2n) is 11.2. The van der Waals surface area contributed by atoms with Gasteiger partial charge in [0, 0.05) is 0 Å². The van der Waals surface area contributed by atoms with Crippen molar-refractivity contribution in [1.29, 1.82) is 0 Å². The summed E-state index contributed by atoms with van der Waals surface area (Å²) in [5, 5.41) is 0. The third-order valence-corrected chi connectivity index (χ3v) is 9.08. The number of hydrogen-bond donors (Lipinski definition) is 0. The molecule has 0 aliphatic carbocycles. The van der Waals surface area contributed by atoms with Gasteiger partial charge in [-0.3, -0.25) is 0 Å². The van der Waals surface area contributed by atoms with Crippen molar-refractivity contribution in [3.8, 4) is 11.5 Å². The van der Waals surface area contributed by atoms with Crippen molar-refractivity contribution in [1.82, 2.24) is 0 Å². The van der Waals surface area contributed by atoms with Crippen LogP contribution in [0.2, 0.25) is 0 Å². The summed E-state index contributed by atoms with van der Waals surface area (Å²) in [5.41, 5.74) is 0. The number of hydrogen-bond acceptors (Lipinski definition) is 3. The molecule has 0 radical (unpaired) electrons. The lowest BCUT2D eigenvalue weighted by Gasteiger charge is -2.14. The quantitative estimate of drug-likeness (QED) is 0.106.